The van der Waals surface area contributed by atoms with Crippen LogP contribution in [0.1, 0.15) is 59.2 Å². The van der Waals surface area contributed by atoms with Gasteiger partial charge >= 0.3 is 0 Å². The largest absolute Gasteiger partial charge is 0.497 e. The zero-order valence-corrected chi connectivity index (χ0v) is 20.0. The number of halogens is 1. The van der Waals surface area contributed by atoms with E-state index in [-0.39, 0.29) is 35.7 Å². The van der Waals surface area contributed by atoms with Crippen molar-refractivity contribution in [3.63, 3.8) is 0 Å². The zero-order chi connectivity index (χ0) is 24.8. The van der Waals surface area contributed by atoms with Gasteiger partial charge in [-0.2, -0.15) is 0 Å². The number of benzene rings is 2. The van der Waals surface area contributed by atoms with E-state index in [4.69, 9.17) is 4.74 Å². The highest BCUT2D eigenvalue weighted by atomic mass is 19.1. The molecule has 35 heavy (non-hydrogen) atoms. The first kappa shape index (κ1) is 24.7. The van der Waals surface area contributed by atoms with Crippen LogP contribution in [-0.2, 0) is 4.79 Å². The van der Waals surface area contributed by atoms with Crippen LogP contribution in [0.5, 0.6) is 5.75 Å². The Labute approximate surface area is 205 Å². The molecule has 2 aliphatic rings. The number of carbonyl (C=O) groups is 3. The molecule has 3 atom stereocenters. The minimum atomic E-state index is -0.456. The van der Waals surface area contributed by atoms with Gasteiger partial charge in [0.15, 0.2) is 0 Å². The second-order valence-corrected chi connectivity index (χ2v) is 9.31. The van der Waals surface area contributed by atoms with E-state index < -0.39 is 5.82 Å². The van der Waals surface area contributed by atoms with Crippen molar-refractivity contribution in [2.75, 3.05) is 20.2 Å². The van der Waals surface area contributed by atoms with Crippen molar-refractivity contribution >= 4 is 17.7 Å². The van der Waals surface area contributed by atoms with Gasteiger partial charge in [-0.3, -0.25) is 14.4 Å². The summed E-state index contributed by atoms with van der Waals surface area (Å²) in [5.41, 5.74) is 0.833. The Morgan fingerprint density at radius 2 is 1.63 bits per heavy atom. The van der Waals surface area contributed by atoms with E-state index in [0.29, 0.717) is 42.8 Å². The van der Waals surface area contributed by atoms with Crippen LogP contribution in [-0.4, -0.2) is 54.9 Å². The predicted molar refractivity (Wildman–Crippen MR) is 130 cm³/mol. The van der Waals surface area contributed by atoms with Gasteiger partial charge in [0.2, 0.25) is 5.91 Å². The van der Waals surface area contributed by atoms with Gasteiger partial charge in [-0.05, 0) is 68.1 Å². The van der Waals surface area contributed by atoms with E-state index in [0.717, 1.165) is 25.7 Å². The molecule has 2 N–H and O–H groups in total. The van der Waals surface area contributed by atoms with Crippen LogP contribution in [0.15, 0.2) is 48.5 Å². The van der Waals surface area contributed by atoms with Gasteiger partial charge in [0.25, 0.3) is 11.8 Å². The van der Waals surface area contributed by atoms with Crippen molar-refractivity contribution in [3.8, 4) is 5.75 Å². The third kappa shape index (κ3) is 6.18. The molecule has 1 aliphatic carbocycles. The summed E-state index contributed by atoms with van der Waals surface area (Å²) in [6, 6.07) is 12.2. The van der Waals surface area contributed by atoms with Gasteiger partial charge in [-0.15, -0.1) is 0 Å². The summed E-state index contributed by atoms with van der Waals surface area (Å²) in [7, 11) is 1.58. The van der Waals surface area contributed by atoms with Crippen LogP contribution in [0.3, 0.4) is 0 Å². The fourth-order valence-electron chi connectivity index (χ4n) is 4.95. The lowest BCUT2D eigenvalue weighted by molar-refractivity contribution is -0.127. The summed E-state index contributed by atoms with van der Waals surface area (Å²) in [4.78, 5) is 40.4. The third-order valence-corrected chi connectivity index (χ3v) is 6.91. The highest BCUT2D eigenvalue weighted by Gasteiger charge is 2.33. The lowest BCUT2D eigenvalue weighted by Crippen LogP contribution is -2.55. The third-order valence-electron chi connectivity index (χ3n) is 6.91. The highest BCUT2D eigenvalue weighted by molar-refractivity contribution is 5.95. The summed E-state index contributed by atoms with van der Waals surface area (Å²) >= 11 is 0. The van der Waals surface area contributed by atoms with Gasteiger partial charge in [-0.1, -0.05) is 18.9 Å². The van der Waals surface area contributed by atoms with Crippen LogP contribution in [0.4, 0.5) is 4.39 Å². The molecule has 0 spiro atoms. The SMILES string of the molecule is COc1ccc(C(=O)N[C@@H]2CCCC[C@H]2NC(=O)[C@@H]2CCCN(C(=O)c3cccc(F)c3)C2)cc1. The summed E-state index contributed by atoms with van der Waals surface area (Å²) < 4.78 is 18.7. The molecule has 8 heteroatoms. The molecule has 1 saturated heterocycles. The second-order valence-electron chi connectivity index (χ2n) is 9.31. The summed E-state index contributed by atoms with van der Waals surface area (Å²) in [5.74, 6) is -0.643. The second kappa shape index (κ2) is 11.3. The number of methoxy groups -OCH3 is 1. The first-order valence-electron chi connectivity index (χ1n) is 12.2. The molecule has 3 amide bonds. The van der Waals surface area contributed by atoms with E-state index in [1.807, 2.05) is 0 Å². The minimum absolute atomic E-state index is 0.0997. The van der Waals surface area contributed by atoms with Crippen LogP contribution in [0, 0.1) is 11.7 Å². The average Bonchev–Trinajstić information content (AvgIpc) is 2.89. The molecule has 186 valence electrons. The first-order chi connectivity index (χ1) is 16.9. The van der Waals surface area contributed by atoms with Crippen molar-refractivity contribution < 1.29 is 23.5 Å². The Hall–Kier alpha value is -3.42. The molecule has 4 rings (SSSR count). The number of piperidine rings is 1. The number of hydrogen-bond acceptors (Lipinski definition) is 4. The summed E-state index contributed by atoms with van der Waals surface area (Å²) in [5, 5.41) is 6.24. The maximum absolute atomic E-state index is 13.6. The Bertz CT molecular complexity index is 1060. The number of nitrogens with zero attached hydrogens (tertiary/aromatic N) is 1. The zero-order valence-electron chi connectivity index (χ0n) is 20.0. The topological polar surface area (TPSA) is 87.7 Å². The summed E-state index contributed by atoms with van der Waals surface area (Å²) in [6.07, 6.45) is 4.95. The van der Waals surface area contributed by atoms with Crippen molar-refractivity contribution in [1.29, 1.82) is 0 Å². The van der Waals surface area contributed by atoms with Crippen molar-refractivity contribution in [2.45, 2.75) is 50.6 Å². The number of likely N-dealkylation sites (tertiary alicyclic amines) is 1. The van der Waals surface area contributed by atoms with Crippen molar-refractivity contribution in [2.24, 2.45) is 5.92 Å². The van der Waals surface area contributed by atoms with Gasteiger partial charge in [-0.25, -0.2) is 4.39 Å². The lowest BCUT2D eigenvalue weighted by atomic mass is 9.88. The van der Waals surface area contributed by atoms with Crippen molar-refractivity contribution in [1.82, 2.24) is 15.5 Å². The Kier molecular flexibility index (Phi) is 8.00. The van der Waals surface area contributed by atoms with Gasteiger partial charge < -0.3 is 20.3 Å². The molecule has 0 radical (unpaired) electrons. The number of nitrogens with one attached hydrogen (secondary N) is 2. The number of hydrogen-bond donors (Lipinski definition) is 2. The fourth-order valence-corrected chi connectivity index (χ4v) is 4.95. The molecule has 1 heterocycles. The van der Waals surface area contributed by atoms with E-state index in [9.17, 15) is 18.8 Å². The molecule has 2 fully saturated rings. The molecule has 1 saturated carbocycles. The van der Waals surface area contributed by atoms with Crippen LogP contribution in [0.2, 0.25) is 0 Å². The predicted octanol–water partition coefficient (Wildman–Crippen LogP) is 3.54. The Balaban J connectivity index is 1.36. The van der Waals surface area contributed by atoms with Crippen LogP contribution >= 0.6 is 0 Å². The number of ether oxygens (including phenoxy) is 1. The van der Waals surface area contributed by atoms with Crippen molar-refractivity contribution in [3.05, 3.63) is 65.5 Å². The lowest BCUT2D eigenvalue weighted by Gasteiger charge is -2.36. The Morgan fingerprint density at radius 1 is 0.914 bits per heavy atom. The quantitative estimate of drug-likeness (QED) is 0.661. The molecule has 0 bridgehead atoms. The normalized spacial score (nSPS) is 22.2. The summed E-state index contributed by atoms with van der Waals surface area (Å²) in [6.45, 7) is 0.847. The molecule has 0 unspecified atom stereocenters. The van der Waals surface area contributed by atoms with Gasteiger partial charge in [0, 0.05) is 36.3 Å². The fraction of sp³-hybridized carbons (Fsp3) is 0.444. The van der Waals surface area contributed by atoms with Crippen LogP contribution in [0.25, 0.3) is 0 Å². The first-order valence-corrected chi connectivity index (χ1v) is 12.2. The maximum atomic E-state index is 13.6. The molecular weight excluding hydrogens is 449 g/mol. The monoisotopic (exact) mass is 481 g/mol. The van der Waals surface area contributed by atoms with E-state index in [1.54, 1.807) is 42.3 Å². The molecule has 0 aromatic heterocycles. The molecule has 1 aliphatic heterocycles. The molecule has 2 aromatic carbocycles. The standard InChI is InChI=1S/C27H32FN3O4/c1-35-22-13-11-18(12-14-22)25(32)29-23-9-2-3-10-24(23)30-26(33)20-7-5-15-31(17-20)27(34)19-6-4-8-21(28)16-19/h4,6,8,11-14,16,20,23-24H,2-3,5,7,9-10,15,17H2,1H3,(H,29,32)(H,30,33)/t20-,23-,24-/m1/s1. The number of amides is 3. The van der Waals surface area contributed by atoms with E-state index in [2.05, 4.69) is 10.6 Å². The molecular formula is C27H32FN3O4. The number of carbonyl (C=O) groups excluding carboxylic acids is 3. The smallest absolute Gasteiger partial charge is 0.253 e. The highest BCUT2D eigenvalue weighted by Crippen LogP contribution is 2.23. The molecule has 7 nitrogen and oxygen atoms in total. The van der Waals surface area contributed by atoms with E-state index >= 15 is 0 Å². The Morgan fingerprint density at radius 3 is 2.31 bits per heavy atom. The van der Waals surface area contributed by atoms with Gasteiger partial charge in [0.1, 0.15) is 11.6 Å². The molecule has 2 aromatic rings. The number of rotatable bonds is 6. The van der Waals surface area contributed by atoms with Crippen LogP contribution < -0.4 is 15.4 Å². The maximum Gasteiger partial charge on any atom is 0.253 e. The van der Waals surface area contributed by atoms with E-state index in [1.165, 1.54) is 18.2 Å². The minimum Gasteiger partial charge on any atom is -0.497 e. The average molecular weight is 482 g/mol. The van der Waals surface area contributed by atoms with Gasteiger partial charge in [0.05, 0.1) is 13.0 Å².